The van der Waals surface area contributed by atoms with Gasteiger partial charge in [-0.15, -0.1) is 0 Å². The molecule has 4 rings (SSSR count). The van der Waals surface area contributed by atoms with Crippen LogP contribution in [0.3, 0.4) is 0 Å². The summed E-state index contributed by atoms with van der Waals surface area (Å²) in [5.74, 6) is 0.480. The number of benzene rings is 2. The standard InChI is InChI=1S/C24H27N3OS/c1-16-15-24(2,3)27(5)20-12-11-17(13-19(16)20)14-21-22(28)26(4)23(29-21)25-18-9-7-6-8-10-18/h6-14,16H,15H2,1-5H3/b21-14-,25-23?/t16-/m1/s1. The van der Waals surface area contributed by atoms with Crippen LogP contribution in [0.15, 0.2) is 58.4 Å². The monoisotopic (exact) mass is 405 g/mol. The number of hydrogen-bond donors (Lipinski definition) is 0. The zero-order chi connectivity index (χ0) is 20.8. The second-order valence-corrected chi connectivity index (χ2v) is 9.51. The van der Waals surface area contributed by atoms with Gasteiger partial charge in [-0.1, -0.05) is 31.2 Å². The highest BCUT2D eigenvalue weighted by Gasteiger charge is 2.34. The first kappa shape index (κ1) is 19.8. The summed E-state index contributed by atoms with van der Waals surface area (Å²) < 4.78 is 0. The minimum Gasteiger partial charge on any atom is -0.369 e. The summed E-state index contributed by atoms with van der Waals surface area (Å²) in [4.78, 5) is 22.1. The van der Waals surface area contributed by atoms with Crippen LogP contribution in [0.4, 0.5) is 11.4 Å². The number of carbonyl (C=O) groups is 1. The molecule has 4 nitrogen and oxygen atoms in total. The molecule has 0 saturated carbocycles. The second-order valence-electron chi connectivity index (χ2n) is 8.50. The number of amidine groups is 1. The molecule has 1 atom stereocenters. The van der Waals surface area contributed by atoms with Gasteiger partial charge in [0.15, 0.2) is 5.17 Å². The quantitative estimate of drug-likeness (QED) is 0.607. The number of nitrogens with zero attached hydrogens (tertiary/aromatic N) is 3. The topological polar surface area (TPSA) is 35.9 Å². The Kier molecular flexibility index (Phi) is 5.03. The highest BCUT2D eigenvalue weighted by molar-refractivity contribution is 8.18. The van der Waals surface area contributed by atoms with E-state index in [1.54, 1.807) is 11.9 Å². The van der Waals surface area contributed by atoms with E-state index in [0.717, 1.165) is 17.7 Å². The van der Waals surface area contributed by atoms with Gasteiger partial charge in [-0.25, -0.2) is 4.99 Å². The van der Waals surface area contributed by atoms with E-state index in [1.807, 2.05) is 36.4 Å². The van der Waals surface area contributed by atoms with Crippen LogP contribution in [0, 0.1) is 0 Å². The van der Waals surface area contributed by atoms with Gasteiger partial charge in [-0.2, -0.15) is 0 Å². The fraction of sp³-hybridized carbons (Fsp3) is 0.333. The highest BCUT2D eigenvalue weighted by Crippen LogP contribution is 2.43. The molecular formula is C24H27N3OS. The van der Waals surface area contributed by atoms with Crippen molar-refractivity contribution in [1.29, 1.82) is 0 Å². The molecule has 2 aliphatic heterocycles. The minimum absolute atomic E-state index is 0.00583. The van der Waals surface area contributed by atoms with Gasteiger partial charge in [0, 0.05) is 25.3 Å². The molecule has 0 N–H and O–H groups in total. The van der Waals surface area contributed by atoms with Crippen molar-refractivity contribution in [3.63, 3.8) is 0 Å². The van der Waals surface area contributed by atoms with E-state index in [0.29, 0.717) is 16.0 Å². The third-order valence-electron chi connectivity index (χ3n) is 5.94. The summed E-state index contributed by atoms with van der Waals surface area (Å²) in [5.41, 5.74) is 4.70. The van der Waals surface area contributed by atoms with Crippen LogP contribution in [0.1, 0.15) is 44.2 Å². The van der Waals surface area contributed by atoms with E-state index in [9.17, 15) is 4.79 Å². The van der Waals surface area contributed by atoms with Crippen LogP contribution in [0.5, 0.6) is 0 Å². The Morgan fingerprint density at radius 1 is 1.14 bits per heavy atom. The highest BCUT2D eigenvalue weighted by atomic mass is 32.2. The number of likely N-dealkylation sites (N-methyl/N-ethyl adjacent to an activating group) is 1. The molecule has 150 valence electrons. The lowest BCUT2D eigenvalue weighted by atomic mass is 9.80. The number of anilines is 1. The van der Waals surface area contributed by atoms with Crippen LogP contribution in [0.25, 0.3) is 6.08 Å². The van der Waals surface area contributed by atoms with Gasteiger partial charge in [0.25, 0.3) is 5.91 Å². The molecule has 2 aromatic rings. The molecule has 1 saturated heterocycles. The molecule has 29 heavy (non-hydrogen) atoms. The van der Waals surface area contributed by atoms with Crippen molar-refractivity contribution in [1.82, 2.24) is 4.90 Å². The fourth-order valence-electron chi connectivity index (χ4n) is 4.10. The lowest BCUT2D eigenvalue weighted by Crippen LogP contribution is -2.45. The predicted octanol–water partition coefficient (Wildman–Crippen LogP) is 5.64. The number of rotatable bonds is 2. The summed E-state index contributed by atoms with van der Waals surface area (Å²) in [5, 5.41) is 0.709. The van der Waals surface area contributed by atoms with E-state index >= 15 is 0 Å². The molecular weight excluding hydrogens is 378 g/mol. The summed E-state index contributed by atoms with van der Waals surface area (Å²) in [6.07, 6.45) is 3.10. The molecule has 2 aromatic carbocycles. The first-order valence-electron chi connectivity index (χ1n) is 9.95. The van der Waals surface area contributed by atoms with Crippen molar-refractivity contribution in [2.45, 2.75) is 38.6 Å². The normalized spacial score (nSPS) is 23.8. The van der Waals surface area contributed by atoms with E-state index in [4.69, 9.17) is 0 Å². The molecule has 0 bridgehead atoms. The number of hydrogen-bond acceptors (Lipinski definition) is 4. The minimum atomic E-state index is -0.00583. The number of thioether (sulfide) groups is 1. The molecule has 1 amide bonds. The lowest BCUT2D eigenvalue weighted by molar-refractivity contribution is -0.121. The van der Waals surface area contributed by atoms with Gasteiger partial charge in [-0.05, 0) is 79.4 Å². The van der Waals surface area contributed by atoms with Gasteiger partial charge < -0.3 is 4.90 Å². The Morgan fingerprint density at radius 2 is 1.86 bits per heavy atom. The first-order valence-corrected chi connectivity index (χ1v) is 10.8. The number of carbonyl (C=O) groups excluding carboxylic acids is 1. The molecule has 2 aliphatic rings. The smallest absolute Gasteiger partial charge is 0.266 e. The van der Waals surface area contributed by atoms with E-state index < -0.39 is 0 Å². The average molecular weight is 406 g/mol. The molecule has 0 spiro atoms. The maximum atomic E-state index is 12.7. The predicted molar refractivity (Wildman–Crippen MR) is 124 cm³/mol. The zero-order valence-corrected chi connectivity index (χ0v) is 18.5. The molecule has 1 fully saturated rings. The van der Waals surface area contributed by atoms with E-state index in [2.05, 4.69) is 55.9 Å². The van der Waals surface area contributed by atoms with E-state index in [-0.39, 0.29) is 11.4 Å². The number of para-hydroxylation sites is 1. The maximum Gasteiger partial charge on any atom is 0.266 e. The SMILES string of the molecule is C[C@@H]1CC(C)(C)N(C)c2ccc(/C=C3\SC(=Nc4ccccc4)N(C)C3=O)cc21. The fourth-order valence-corrected chi connectivity index (χ4v) is 5.09. The Morgan fingerprint density at radius 3 is 2.59 bits per heavy atom. The van der Waals surface area contributed by atoms with Crippen molar-refractivity contribution < 1.29 is 4.79 Å². The van der Waals surface area contributed by atoms with Crippen LogP contribution in [-0.4, -0.2) is 35.6 Å². The summed E-state index contributed by atoms with van der Waals surface area (Å²) in [6.45, 7) is 6.87. The summed E-state index contributed by atoms with van der Waals surface area (Å²) in [6, 6.07) is 16.3. The van der Waals surface area contributed by atoms with Gasteiger partial charge in [-0.3, -0.25) is 9.69 Å². The van der Waals surface area contributed by atoms with Crippen molar-refractivity contribution in [3.8, 4) is 0 Å². The molecule has 2 heterocycles. The lowest BCUT2D eigenvalue weighted by Gasteiger charge is -2.45. The van der Waals surface area contributed by atoms with Crippen molar-refractivity contribution in [2.75, 3.05) is 19.0 Å². The van der Waals surface area contributed by atoms with Gasteiger partial charge in [0.05, 0.1) is 10.6 Å². The molecule has 0 aromatic heterocycles. The Hall–Kier alpha value is -2.53. The van der Waals surface area contributed by atoms with Crippen LogP contribution < -0.4 is 4.90 Å². The van der Waals surface area contributed by atoms with Crippen LogP contribution in [-0.2, 0) is 4.79 Å². The van der Waals surface area contributed by atoms with Crippen LogP contribution >= 0.6 is 11.8 Å². The third-order valence-corrected chi connectivity index (χ3v) is 7.00. The number of amides is 1. The zero-order valence-electron chi connectivity index (χ0n) is 17.6. The van der Waals surface area contributed by atoms with Crippen molar-refractivity contribution in [2.24, 2.45) is 4.99 Å². The second kappa shape index (κ2) is 7.38. The largest absolute Gasteiger partial charge is 0.369 e. The number of fused-ring (bicyclic) bond motifs is 1. The molecule has 0 unspecified atom stereocenters. The first-order chi connectivity index (χ1) is 13.8. The summed E-state index contributed by atoms with van der Waals surface area (Å²) in [7, 11) is 3.95. The molecule has 5 heteroatoms. The van der Waals surface area contributed by atoms with Gasteiger partial charge >= 0.3 is 0 Å². The Bertz CT molecular complexity index is 1010. The average Bonchev–Trinajstić information content (AvgIpc) is 2.95. The molecule has 0 radical (unpaired) electrons. The van der Waals surface area contributed by atoms with Crippen molar-refractivity contribution >= 4 is 40.3 Å². The Labute approximate surface area is 177 Å². The summed E-state index contributed by atoms with van der Waals surface area (Å²) >= 11 is 1.43. The number of aliphatic imine (C=N–C) groups is 1. The van der Waals surface area contributed by atoms with Crippen molar-refractivity contribution in [3.05, 3.63) is 64.6 Å². The van der Waals surface area contributed by atoms with Gasteiger partial charge in [0.2, 0.25) is 0 Å². The third kappa shape index (κ3) is 3.71. The molecule has 0 aliphatic carbocycles. The maximum absolute atomic E-state index is 12.7. The van der Waals surface area contributed by atoms with E-state index in [1.165, 1.54) is 23.0 Å². The van der Waals surface area contributed by atoms with Crippen LogP contribution in [0.2, 0.25) is 0 Å². The Balaban J connectivity index is 1.64. The van der Waals surface area contributed by atoms with Gasteiger partial charge in [0.1, 0.15) is 0 Å².